The molecule has 0 saturated heterocycles. The molecule has 0 N–H and O–H groups in total. The Morgan fingerprint density at radius 3 is 2.12 bits per heavy atom. The fourth-order valence-electron chi connectivity index (χ4n) is 0.836. The molecule has 0 atom stereocenters. The molecule has 0 spiro atoms. The molecule has 0 aliphatic heterocycles. The van der Waals surface area contributed by atoms with E-state index in [4.69, 9.17) is 4.74 Å². The van der Waals surface area contributed by atoms with Crippen LogP contribution in [-0.4, -0.2) is 12.6 Å². The maximum absolute atomic E-state index is 11.2. The van der Waals surface area contributed by atoms with Gasteiger partial charge in [0.05, 0.1) is 12.2 Å². The van der Waals surface area contributed by atoms with Gasteiger partial charge in [-0.2, -0.15) is 0 Å². The summed E-state index contributed by atoms with van der Waals surface area (Å²) in [6.45, 7) is 10.2. The highest BCUT2D eigenvalue weighted by Gasteiger charge is 2.08. The monoisotopic (exact) mass is 288 g/mol. The molecule has 92 valence electrons. The Morgan fingerprint density at radius 2 is 1.69 bits per heavy atom. The van der Waals surface area contributed by atoms with Crippen molar-refractivity contribution in [3.63, 3.8) is 0 Å². The van der Waals surface area contributed by atoms with Crippen LogP contribution in [-0.2, 0) is 4.74 Å². The summed E-state index contributed by atoms with van der Waals surface area (Å²) in [6.07, 6.45) is 0. The molecule has 0 aliphatic rings. The lowest BCUT2D eigenvalue weighted by Gasteiger charge is -2.02. The number of rotatable bonds is 2. The van der Waals surface area contributed by atoms with Crippen LogP contribution in [0.2, 0.25) is 0 Å². The molecular formula is C13H21BrO2. The minimum absolute atomic E-state index is 0.287. The van der Waals surface area contributed by atoms with Crippen LogP contribution in [0.3, 0.4) is 0 Å². The second-order valence-corrected chi connectivity index (χ2v) is 3.05. The minimum atomic E-state index is -0.287. The quantitative estimate of drug-likeness (QED) is 0.739. The number of carbonyl (C=O) groups is 1. The van der Waals surface area contributed by atoms with E-state index in [1.165, 1.54) is 0 Å². The van der Waals surface area contributed by atoms with Crippen LogP contribution in [0.5, 0.6) is 0 Å². The molecule has 0 aliphatic carbocycles. The van der Waals surface area contributed by atoms with Crippen LogP contribution in [0.1, 0.15) is 45.0 Å². The van der Waals surface area contributed by atoms with Crippen LogP contribution in [0, 0.1) is 0 Å². The summed E-state index contributed by atoms with van der Waals surface area (Å²) in [6, 6.07) is 7.19. The summed E-state index contributed by atoms with van der Waals surface area (Å²) in [5.41, 5.74) is 0.569. The molecule has 1 rings (SSSR count). The smallest absolute Gasteiger partial charge is 0.339 e. The van der Waals surface area contributed by atoms with E-state index in [1.807, 2.05) is 39.8 Å². The van der Waals surface area contributed by atoms with Gasteiger partial charge in [0.15, 0.2) is 0 Å². The van der Waals surface area contributed by atoms with Crippen molar-refractivity contribution in [2.75, 3.05) is 6.61 Å². The third-order valence-electron chi connectivity index (χ3n) is 1.37. The van der Waals surface area contributed by atoms with Crippen LogP contribution < -0.4 is 0 Å². The van der Waals surface area contributed by atoms with Crippen molar-refractivity contribution in [1.82, 2.24) is 0 Å². The van der Waals surface area contributed by atoms with Gasteiger partial charge in [0.1, 0.15) is 0 Å². The molecular weight excluding hydrogens is 268 g/mol. The lowest BCUT2D eigenvalue weighted by atomic mass is 10.2. The summed E-state index contributed by atoms with van der Waals surface area (Å²) < 4.78 is 5.61. The van der Waals surface area contributed by atoms with Crippen molar-refractivity contribution in [3.8, 4) is 0 Å². The Balaban J connectivity index is 0. The molecule has 0 fully saturated rings. The highest BCUT2D eigenvalue weighted by molar-refractivity contribution is 9.10. The van der Waals surface area contributed by atoms with Crippen LogP contribution in [0.4, 0.5) is 0 Å². The van der Waals surface area contributed by atoms with Crippen LogP contribution in [0.15, 0.2) is 28.7 Å². The number of ether oxygens (including phenoxy) is 1. The Bertz CT molecular complexity index is 285. The van der Waals surface area contributed by atoms with Gasteiger partial charge in [0.25, 0.3) is 0 Å². The van der Waals surface area contributed by atoms with Crippen molar-refractivity contribution < 1.29 is 9.53 Å². The van der Waals surface area contributed by atoms with E-state index >= 15 is 0 Å². The van der Waals surface area contributed by atoms with E-state index in [9.17, 15) is 4.79 Å². The van der Waals surface area contributed by atoms with Gasteiger partial charge in [-0.05, 0) is 35.0 Å². The zero-order valence-corrected chi connectivity index (χ0v) is 12.3. The number of benzene rings is 1. The maximum Gasteiger partial charge on any atom is 0.339 e. The summed E-state index contributed by atoms with van der Waals surface area (Å²) in [7, 11) is 0. The predicted octanol–water partition coefficient (Wildman–Crippen LogP) is 4.68. The van der Waals surface area contributed by atoms with Gasteiger partial charge in [-0.15, -0.1) is 0 Å². The lowest BCUT2D eigenvalue weighted by Crippen LogP contribution is -2.04. The summed E-state index contributed by atoms with van der Waals surface area (Å²) in [5.74, 6) is -0.287. The predicted molar refractivity (Wildman–Crippen MR) is 72.8 cm³/mol. The molecule has 1 aromatic rings. The Hall–Kier alpha value is -0.830. The molecule has 0 unspecified atom stereocenters. The SMILES string of the molecule is CC.CC.CCOC(=O)c1ccccc1Br. The summed E-state index contributed by atoms with van der Waals surface area (Å²) in [5, 5.41) is 0. The van der Waals surface area contributed by atoms with Crippen LogP contribution >= 0.6 is 15.9 Å². The van der Waals surface area contributed by atoms with E-state index in [0.29, 0.717) is 12.2 Å². The molecule has 3 heteroatoms. The zero-order valence-electron chi connectivity index (χ0n) is 10.7. The number of halogens is 1. The Kier molecular flexibility index (Phi) is 13.4. The number of esters is 1. The molecule has 0 saturated carbocycles. The second-order valence-electron chi connectivity index (χ2n) is 2.20. The van der Waals surface area contributed by atoms with Gasteiger partial charge >= 0.3 is 5.97 Å². The van der Waals surface area contributed by atoms with Crippen molar-refractivity contribution >= 4 is 21.9 Å². The lowest BCUT2D eigenvalue weighted by molar-refractivity contribution is 0.0525. The third kappa shape index (κ3) is 6.62. The standard InChI is InChI=1S/C9H9BrO2.2C2H6/c1-2-12-9(11)7-5-3-4-6-8(7)10;2*1-2/h3-6H,2H2,1H3;2*1-2H3. The molecule has 0 amide bonds. The van der Waals surface area contributed by atoms with Crippen molar-refractivity contribution in [1.29, 1.82) is 0 Å². The van der Waals surface area contributed by atoms with Gasteiger partial charge in [0.2, 0.25) is 0 Å². The summed E-state index contributed by atoms with van der Waals surface area (Å²) >= 11 is 3.27. The molecule has 0 radical (unpaired) electrons. The normalized spacial score (nSPS) is 7.88. The average Bonchev–Trinajstić information content (AvgIpc) is 2.35. The first kappa shape index (κ1) is 17.6. The second kappa shape index (κ2) is 12.2. The first-order chi connectivity index (χ1) is 7.75. The topological polar surface area (TPSA) is 26.3 Å². The molecule has 2 nitrogen and oxygen atoms in total. The summed E-state index contributed by atoms with van der Waals surface area (Å²) in [4.78, 5) is 11.2. The van der Waals surface area contributed by atoms with Gasteiger partial charge in [-0.1, -0.05) is 39.8 Å². The highest BCUT2D eigenvalue weighted by Crippen LogP contribution is 2.16. The van der Waals surface area contributed by atoms with Crippen molar-refractivity contribution in [3.05, 3.63) is 34.3 Å². The Labute approximate surface area is 107 Å². The number of hydrogen-bond acceptors (Lipinski definition) is 2. The zero-order chi connectivity index (χ0) is 13.0. The molecule has 0 heterocycles. The maximum atomic E-state index is 11.2. The molecule has 0 aromatic heterocycles. The van der Waals surface area contributed by atoms with Crippen molar-refractivity contribution in [2.45, 2.75) is 34.6 Å². The van der Waals surface area contributed by atoms with Gasteiger partial charge < -0.3 is 4.74 Å². The van der Waals surface area contributed by atoms with E-state index in [2.05, 4.69) is 15.9 Å². The highest BCUT2D eigenvalue weighted by atomic mass is 79.9. The first-order valence-electron chi connectivity index (χ1n) is 5.67. The molecule has 16 heavy (non-hydrogen) atoms. The van der Waals surface area contributed by atoms with E-state index < -0.39 is 0 Å². The van der Waals surface area contributed by atoms with Gasteiger partial charge in [-0.25, -0.2) is 4.79 Å². The van der Waals surface area contributed by atoms with Gasteiger partial charge in [-0.3, -0.25) is 0 Å². The largest absolute Gasteiger partial charge is 0.462 e. The fraction of sp³-hybridized carbons (Fsp3) is 0.462. The van der Waals surface area contributed by atoms with E-state index in [-0.39, 0.29) is 5.97 Å². The van der Waals surface area contributed by atoms with E-state index in [0.717, 1.165) is 4.47 Å². The van der Waals surface area contributed by atoms with Gasteiger partial charge in [0, 0.05) is 4.47 Å². The third-order valence-corrected chi connectivity index (χ3v) is 2.06. The van der Waals surface area contributed by atoms with E-state index in [1.54, 1.807) is 19.1 Å². The molecule has 0 bridgehead atoms. The number of carbonyl (C=O) groups excluding carboxylic acids is 1. The van der Waals surface area contributed by atoms with Crippen molar-refractivity contribution in [2.24, 2.45) is 0 Å². The Morgan fingerprint density at radius 1 is 1.19 bits per heavy atom. The molecule has 1 aromatic carbocycles. The average molecular weight is 289 g/mol. The minimum Gasteiger partial charge on any atom is -0.462 e. The van der Waals surface area contributed by atoms with Crippen LogP contribution in [0.25, 0.3) is 0 Å². The fourth-order valence-corrected chi connectivity index (χ4v) is 1.28. The first-order valence-corrected chi connectivity index (χ1v) is 6.46. The number of hydrogen-bond donors (Lipinski definition) is 0.